The van der Waals surface area contributed by atoms with Crippen molar-refractivity contribution in [2.45, 2.75) is 13.0 Å². The molecule has 0 spiro atoms. The van der Waals surface area contributed by atoms with Crippen LogP contribution in [0.5, 0.6) is 0 Å². The standard InChI is InChI=1S/C11H10N2O3S2/c1-6(10(15)16)13-9(14)8(18-11(13)17)5-7-3-2-4-12-7/h2-6,12H,1H3,(H,15,16)/b8-5-/t6-/m0/s1. The molecule has 1 aromatic heterocycles. The summed E-state index contributed by atoms with van der Waals surface area (Å²) in [6, 6.07) is 2.67. The lowest BCUT2D eigenvalue weighted by molar-refractivity contribution is -0.144. The molecule has 1 aromatic rings. The number of carbonyl (C=O) groups excluding carboxylic acids is 1. The van der Waals surface area contributed by atoms with E-state index < -0.39 is 12.0 Å². The van der Waals surface area contributed by atoms with E-state index in [2.05, 4.69) is 4.98 Å². The molecule has 1 fully saturated rings. The molecule has 94 valence electrons. The second kappa shape index (κ2) is 4.95. The maximum Gasteiger partial charge on any atom is 0.326 e. The van der Waals surface area contributed by atoms with Gasteiger partial charge in [0.25, 0.3) is 5.91 Å². The van der Waals surface area contributed by atoms with E-state index in [1.54, 1.807) is 12.3 Å². The molecule has 2 heterocycles. The number of nitrogens with zero attached hydrogens (tertiary/aromatic N) is 1. The lowest BCUT2D eigenvalue weighted by Gasteiger charge is -2.18. The zero-order valence-electron chi connectivity index (χ0n) is 9.41. The molecule has 18 heavy (non-hydrogen) atoms. The summed E-state index contributed by atoms with van der Waals surface area (Å²) in [5.74, 6) is -1.44. The third-order valence-electron chi connectivity index (χ3n) is 2.48. The van der Waals surface area contributed by atoms with E-state index >= 15 is 0 Å². The van der Waals surface area contributed by atoms with E-state index in [4.69, 9.17) is 17.3 Å². The quantitative estimate of drug-likeness (QED) is 0.652. The predicted octanol–water partition coefficient (Wildman–Crippen LogP) is 1.69. The maximum absolute atomic E-state index is 12.1. The van der Waals surface area contributed by atoms with Gasteiger partial charge in [0.05, 0.1) is 4.91 Å². The number of carbonyl (C=O) groups is 2. The Labute approximate surface area is 113 Å². The number of amides is 1. The second-order valence-electron chi connectivity index (χ2n) is 3.69. The molecule has 2 N–H and O–H groups in total. The minimum absolute atomic E-state index is 0.271. The van der Waals surface area contributed by atoms with Crippen LogP contribution in [0.1, 0.15) is 12.6 Å². The maximum atomic E-state index is 12.1. The molecular formula is C11H10N2O3S2. The third-order valence-corrected chi connectivity index (χ3v) is 3.81. The second-order valence-corrected chi connectivity index (χ2v) is 5.37. The number of thiocarbonyl (C=S) groups is 1. The van der Waals surface area contributed by atoms with E-state index in [9.17, 15) is 9.59 Å². The molecule has 0 unspecified atom stereocenters. The van der Waals surface area contributed by atoms with E-state index in [1.165, 1.54) is 6.92 Å². The Morgan fingerprint density at radius 3 is 2.94 bits per heavy atom. The summed E-state index contributed by atoms with van der Waals surface area (Å²) in [4.78, 5) is 27.5. The molecule has 7 heteroatoms. The van der Waals surface area contributed by atoms with Crippen molar-refractivity contribution >= 4 is 46.3 Å². The van der Waals surface area contributed by atoms with Crippen molar-refractivity contribution in [3.05, 3.63) is 28.9 Å². The van der Waals surface area contributed by atoms with Crippen LogP contribution < -0.4 is 0 Å². The van der Waals surface area contributed by atoms with Crippen LogP contribution in [0.25, 0.3) is 6.08 Å². The van der Waals surface area contributed by atoms with Crippen LogP contribution in [0.15, 0.2) is 23.2 Å². The Bertz CT molecular complexity index is 536. The topological polar surface area (TPSA) is 73.4 Å². The van der Waals surface area contributed by atoms with Gasteiger partial charge >= 0.3 is 5.97 Å². The summed E-state index contributed by atoms with van der Waals surface area (Å²) in [7, 11) is 0. The van der Waals surface area contributed by atoms with Gasteiger partial charge in [-0.05, 0) is 25.1 Å². The monoisotopic (exact) mass is 282 g/mol. The van der Waals surface area contributed by atoms with E-state index in [1.807, 2.05) is 12.1 Å². The van der Waals surface area contributed by atoms with Gasteiger partial charge in [-0.1, -0.05) is 24.0 Å². The molecule has 1 amide bonds. The number of hydrogen-bond donors (Lipinski definition) is 2. The summed E-state index contributed by atoms with van der Waals surface area (Å²) in [6.45, 7) is 1.44. The first-order chi connectivity index (χ1) is 8.50. The number of aromatic nitrogens is 1. The molecule has 1 atom stereocenters. The average Bonchev–Trinajstić information content (AvgIpc) is 2.88. The molecule has 5 nitrogen and oxygen atoms in total. The molecule has 0 aliphatic carbocycles. The van der Waals surface area contributed by atoms with Crippen LogP contribution in [-0.4, -0.2) is 37.2 Å². The van der Waals surface area contributed by atoms with E-state index in [-0.39, 0.29) is 10.2 Å². The third kappa shape index (κ3) is 2.32. The van der Waals surface area contributed by atoms with Gasteiger partial charge < -0.3 is 10.1 Å². The number of aliphatic carboxylic acids is 1. The van der Waals surface area contributed by atoms with Crippen LogP contribution in [-0.2, 0) is 9.59 Å². The number of aromatic amines is 1. The van der Waals surface area contributed by atoms with Gasteiger partial charge in [-0.15, -0.1) is 0 Å². The highest BCUT2D eigenvalue weighted by atomic mass is 32.2. The first-order valence-electron chi connectivity index (χ1n) is 5.14. The lowest BCUT2D eigenvalue weighted by Crippen LogP contribution is -2.41. The average molecular weight is 282 g/mol. The van der Waals surface area contributed by atoms with Crippen molar-refractivity contribution in [2.24, 2.45) is 0 Å². The molecule has 2 rings (SSSR count). The lowest BCUT2D eigenvalue weighted by atomic mass is 10.3. The summed E-state index contributed by atoms with van der Waals surface area (Å²) in [5.41, 5.74) is 0.776. The van der Waals surface area contributed by atoms with Gasteiger partial charge in [-0.3, -0.25) is 9.69 Å². The van der Waals surface area contributed by atoms with Gasteiger partial charge in [0.2, 0.25) is 0 Å². The van der Waals surface area contributed by atoms with Crippen LogP contribution in [0.4, 0.5) is 0 Å². The minimum Gasteiger partial charge on any atom is -0.480 e. The largest absolute Gasteiger partial charge is 0.480 e. The highest BCUT2D eigenvalue weighted by molar-refractivity contribution is 8.26. The van der Waals surface area contributed by atoms with Gasteiger partial charge in [0.1, 0.15) is 10.4 Å². The highest BCUT2D eigenvalue weighted by Gasteiger charge is 2.38. The Morgan fingerprint density at radius 1 is 1.67 bits per heavy atom. The molecule has 0 radical (unpaired) electrons. The van der Waals surface area contributed by atoms with Gasteiger partial charge in [-0.2, -0.15) is 0 Å². The fourth-order valence-corrected chi connectivity index (χ4v) is 2.91. The normalized spacial score (nSPS) is 19.6. The molecule has 0 bridgehead atoms. The van der Waals surface area contributed by atoms with Crippen LogP contribution in [0.2, 0.25) is 0 Å². The van der Waals surface area contributed by atoms with Gasteiger partial charge in [0.15, 0.2) is 0 Å². The SMILES string of the molecule is C[C@@H](C(=O)O)N1C(=O)/C(=C/c2ccc[nH]2)SC1=S. The molecule has 0 aromatic carbocycles. The number of hydrogen-bond acceptors (Lipinski definition) is 4. The molecule has 1 aliphatic rings. The van der Waals surface area contributed by atoms with Crippen molar-refractivity contribution in [3.8, 4) is 0 Å². The first-order valence-corrected chi connectivity index (χ1v) is 6.36. The molecule has 1 saturated heterocycles. The number of carboxylic acid groups (broad SMARTS) is 1. The van der Waals surface area contributed by atoms with Crippen molar-refractivity contribution in [2.75, 3.05) is 0 Å². The Kier molecular flexibility index (Phi) is 3.53. The van der Waals surface area contributed by atoms with Crippen molar-refractivity contribution < 1.29 is 14.7 Å². The zero-order chi connectivity index (χ0) is 13.3. The molecule has 1 aliphatic heterocycles. The summed E-state index contributed by atoms with van der Waals surface area (Å²) < 4.78 is 0.271. The number of H-pyrrole nitrogens is 1. The van der Waals surface area contributed by atoms with Crippen molar-refractivity contribution in [1.82, 2.24) is 9.88 Å². The van der Waals surface area contributed by atoms with Gasteiger partial charge in [-0.25, -0.2) is 4.79 Å². The number of carboxylic acids is 1. The Balaban J connectivity index is 2.27. The number of thioether (sulfide) groups is 1. The fraction of sp³-hybridized carbons (Fsp3) is 0.182. The number of nitrogens with one attached hydrogen (secondary N) is 1. The summed E-state index contributed by atoms with van der Waals surface area (Å²) >= 11 is 6.15. The predicted molar refractivity (Wildman–Crippen MR) is 72.9 cm³/mol. The van der Waals surface area contributed by atoms with Crippen LogP contribution in [0, 0.1) is 0 Å². The molecule has 0 saturated carbocycles. The Hall–Kier alpha value is -1.60. The van der Waals surface area contributed by atoms with Crippen molar-refractivity contribution in [1.29, 1.82) is 0 Å². The van der Waals surface area contributed by atoms with Crippen LogP contribution in [0.3, 0.4) is 0 Å². The number of rotatable bonds is 3. The van der Waals surface area contributed by atoms with Crippen LogP contribution >= 0.6 is 24.0 Å². The zero-order valence-corrected chi connectivity index (χ0v) is 11.0. The minimum atomic E-state index is -1.08. The molecular weight excluding hydrogens is 272 g/mol. The van der Waals surface area contributed by atoms with E-state index in [0.29, 0.717) is 4.91 Å². The fourth-order valence-electron chi connectivity index (χ4n) is 1.50. The van der Waals surface area contributed by atoms with Crippen molar-refractivity contribution in [3.63, 3.8) is 0 Å². The van der Waals surface area contributed by atoms with Gasteiger partial charge in [0, 0.05) is 11.9 Å². The summed E-state index contributed by atoms with van der Waals surface area (Å²) in [6.07, 6.45) is 3.40. The summed E-state index contributed by atoms with van der Waals surface area (Å²) in [5, 5.41) is 8.93. The first kappa shape index (κ1) is 12.8. The Morgan fingerprint density at radius 2 is 2.39 bits per heavy atom. The highest BCUT2D eigenvalue weighted by Crippen LogP contribution is 2.33. The van der Waals surface area contributed by atoms with E-state index in [0.717, 1.165) is 22.4 Å². The smallest absolute Gasteiger partial charge is 0.326 e.